The van der Waals surface area contributed by atoms with Crippen molar-refractivity contribution in [2.24, 2.45) is 0 Å². The van der Waals surface area contributed by atoms with Crippen molar-refractivity contribution in [1.82, 2.24) is 9.80 Å². The number of morpholine rings is 2. The van der Waals surface area contributed by atoms with Crippen LogP contribution < -0.4 is 0 Å². The molecule has 0 unspecified atom stereocenters. The average molecular weight is 408 g/mol. The standard InChI is InChI=1S/C23H24N2O5/c26-21(17-1-5-19(6-2-17)22(27)24-9-13-29-14-10-24)18-3-7-20(8-4-18)23(28)25-11-15-30-16-12-25/h1-8H,9-16H2. The van der Waals surface area contributed by atoms with Crippen molar-refractivity contribution in [2.75, 3.05) is 52.6 Å². The molecule has 0 bridgehead atoms. The highest BCUT2D eigenvalue weighted by molar-refractivity contribution is 6.10. The lowest BCUT2D eigenvalue weighted by atomic mass is 10.0. The zero-order chi connectivity index (χ0) is 20.9. The second-order valence-electron chi connectivity index (χ2n) is 7.29. The highest BCUT2D eigenvalue weighted by atomic mass is 16.5. The second-order valence-corrected chi connectivity index (χ2v) is 7.29. The first-order valence-electron chi connectivity index (χ1n) is 10.1. The number of ether oxygens (including phenoxy) is 2. The van der Waals surface area contributed by atoms with E-state index in [1.165, 1.54) is 0 Å². The lowest BCUT2D eigenvalue weighted by Gasteiger charge is -2.27. The lowest BCUT2D eigenvalue weighted by Crippen LogP contribution is -2.40. The summed E-state index contributed by atoms with van der Waals surface area (Å²) in [4.78, 5) is 41.3. The normalized spacial score (nSPS) is 16.9. The molecule has 0 N–H and O–H groups in total. The third kappa shape index (κ3) is 4.42. The Balaban J connectivity index is 1.42. The Morgan fingerprint density at radius 2 is 0.833 bits per heavy atom. The first-order chi connectivity index (χ1) is 14.6. The SMILES string of the molecule is O=C(c1ccc(C(=O)N2CCOCC2)cc1)c1ccc(C(=O)N2CCOCC2)cc1. The van der Waals surface area contributed by atoms with Crippen LogP contribution in [-0.4, -0.2) is 80.0 Å². The van der Waals surface area contributed by atoms with E-state index in [-0.39, 0.29) is 17.6 Å². The van der Waals surface area contributed by atoms with Gasteiger partial charge in [0.25, 0.3) is 11.8 Å². The highest BCUT2D eigenvalue weighted by Crippen LogP contribution is 2.15. The summed E-state index contributed by atoms with van der Waals surface area (Å²) < 4.78 is 10.5. The van der Waals surface area contributed by atoms with Gasteiger partial charge in [0.05, 0.1) is 26.4 Å². The third-order valence-electron chi connectivity index (χ3n) is 5.38. The Hall–Kier alpha value is -3.03. The molecule has 0 aromatic heterocycles. The van der Waals surface area contributed by atoms with Crippen molar-refractivity contribution >= 4 is 17.6 Å². The fourth-order valence-corrected chi connectivity index (χ4v) is 3.59. The Bertz CT molecular complexity index is 836. The number of carbonyl (C=O) groups excluding carboxylic acids is 3. The van der Waals surface area contributed by atoms with Gasteiger partial charge in [-0.15, -0.1) is 0 Å². The molecule has 0 spiro atoms. The number of benzene rings is 2. The monoisotopic (exact) mass is 408 g/mol. The maximum atomic E-state index is 12.8. The number of ketones is 1. The van der Waals surface area contributed by atoms with E-state index in [0.717, 1.165) is 0 Å². The van der Waals surface area contributed by atoms with E-state index in [1.54, 1.807) is 58.3 Å². The van der Waals surface area contributed by atoms with E-state index in [0.29, 0.717) is 74.9 Å². The van der Waals surface area contributed by atoms with Crippen LogP contribution in [0.2, 0.25) is 0 Å². The topological polar surface area (TPSA) is 76.2 Å². The maximum absolute atomic E-state index is 12.8. The molecule has 2 saturated heterocycles. The van der Waals surface area contributed by atoms with Gasteiger partial charge in [-0.2, -0.15) is 0 Å². The van der Waals surface area contributed by atoms with Crippen molar-refractivity contribution < 1.29 is 23.9 Å². The summed E-state index contributed by atoms with van der Waals surface area (Å²) in [6.45, 7) is 4.51. The molecular weight excluding hydrogens is 384 g/mol. The summed E-state index contributed by atoms with van der Waals surface area (Å²) in [5.74, 6) is -0.253. The number of hydrogen-bond acceptors (Lipinski definition) is 5. The molecule has 7 heteroatoms. The molecule has 30 heavy (non-hydrogen) atoms. The molecule has 4 rings (SSSR count). The van der Waals surface area contributed by atoms with Gasteiger partial charge in [-0.25, -0.2) is 0 Å². The van der Waals surface area contributed by atoms with Gasteiger partial charge in [-0.1, -0.05) is 24.3 Å². The highest BCUT2D eigenvalue weighted by Gasteiger charge is 2.20. The van der Waals surface area contributed by atoms with Crippen molar-refractivity contribution in [3.8, 4) is 0 Å². The first kappa shape index (κ1) is 20.3. The summed E-state index contributed by atoms with van der Waals surface area (Å²) in [6.07, 6.45) is 0. The second kappa shape index (κ2) is 9.19. The van der Waals surface area contributed by atoms with Gasteiger partial charge < -0.3 is 19.3 Å². The number of hydrogen-bond donors (Lipinski definition) is 0. The number of amides is 2. The van der Waals surface area contributed by atoms with Crippen LogP contribution in [0.15, 0.2) is 48.5 Å². The summed E-state index contributed by atoms with van der Waals surface area (Å²) in [5.41, 5.74) is 2.11. The quantitative estimate of drug-likeness (QED) is 0.722. The largest absolute Gasteiger partial charge is 0.378 e. The van der Waals surface area contributed by atoms with Crippen LogP contribution in [0.25, 0.3) is 0 Å². The van der Waals surface area contributed by atoms with Crippen molar-refractivity contribution in [2.45, 2.75) is 0 Å². The summed E-state index contributed by atoms with van der Waals surface area (Å²) in [6, 6.07) is 13.4. The zero-order valence-corrected chi connectivity index (χ0v) is 16.7. The minimum Gasteiger partial charge on any atom is -0.378 e. The Kier molecular flexibility index (Phi) is 6.21. The van der Waals surface area contributed by atoms with Crippen LogP contribution >= 0.6 is 0 Å². The van der Waals surface area contributed by atoms with Crippen molar-refractivity contribution in [3.63, 3.8) is 0 Å². The molecule has 2 aliphatic rings. The van der Waals surface area contributed by atoms with Crippen LogP contribution in [0.1, 0.15) is 36.6 Å². The van der Waals surface area contributed by atoms with Gasteiger partial charge >= 0.3 is 0 Å². The minimum absolute atomic E-state index is 0.0525. The lowest BCUT2D eigenvalue weighted by molar-refractivity contribution is 0.0301. The van der Waals surface area contributed by atoms with Gasteiger partial charge in [0.15, 0.2) is 5.78 Å². The van der Waals surface area contributed by atoms with Gasteiger partial charge in [-0.3, -0.25) is 14.4 Å². The predicted molar refractivity (Wildman–Crippen MR) is 110 cm³/mol. The molecule has 0 aliphatic carbocycles. The van der Waals surface area contributed by atoms with Gasteiger partial charge in [0.2, 0.25) is 0 Å². The van der Waals surface area contributed by atoms with Crippen LogP contribution in [0.5, 0.6) is 0 Å². The molecule has 156 valence electrons. The van der Waals surface area contributed by atoms with E-state index in [9.17, 15) is 14.4 Å². The summed E-state index contributed by atoms with van der Waals surface area (Å²) >= 11 is 0. The molecule has 2 amide bonds. The van der Waals surface area contributed by atoms with Crippen LogP contribution in [-0.2, 0) is 9.47 Å². The van der Waals surface area contributed by atoms with E-state index in [2.05, 4.69) is 0 Å². The molecule has 0 saturated carbocycles. The predicted octanol–water partition coefficient (Wildman–Crippen LogP) is 1.86. The Labute approximate surface area is 175 Å². The van der Waals surface area contributed by atoms with Crippen LogP contribution in [0, 0.1) is 0 Å². The van der Waals surface area contributed by atoms with E-state index in [1.807, 2.05) is 0 Å². The third-order valence-corrected chi connectivity index (χ3v) is 5.38. The molecule has 2 aromatic rings. The number of carbonyl (C=O) groups is 3. The molecule has 2 aromatic carbocycles. The Morgan fingerprint density at radius 1 is 0.533 bits per heavy atom. The molecular formula is C23H24N2O5. The summed E-state index contributed by atoms with van der Waals surface area (Å²) in [7, 11) is 0. The van der Waals surface area contributed by atoms with E-state index >= 15 is 0 Å². The van der Waals surface area contributed by atoms with Crippen LogP contribution in [0.3, 0.4) is 0 Å². The van der Waals surface area contributed by atoms with E-state index in [4.69, 9.17) is 9.47 Å². The summed E-state index contributed by atoms with van der Waals surface area (Å²) in [5, 5.41) is 0. The maximum Gasteiger partial charge on any atom is 0.254 e. The first-order valence-corrected chi connectivity index (χ1v) is 10.1. The smallest absolute Gasteiger partial charge is 0.254 e. The molecule has 2 fully saturated rings. The molecule has 2 heterocycles. The zero-order valence-electron chi connectivity index (χ0n) is 16.7. The minimum atomic E-state index is -0.147. The van der Waals surface area contributed by atoms with Gasteiger partial charge in [-0.05, 0) is 24.3 Å². The molecule has 2 aliphatic heterocycles. The molecule has 7 nitrogen and oxygen atoms in total. The average Bonchev–Trinajstić information content (AvgIpc) is 2.84. The number of nitrogens with zero attached hydrogens (tertiary/aromatic N) is 2. The van der Waals surface area contributed by atoms with Gasteiger partial charge in [0, 0.05) is 48.4 Å². The fourth-order valence-electron chi connectivity index (χ4n) is 3.59. The number of rotatable bonds is 4. The fraction of sp³-hybridized carbons (Fsp3) is 0.348. The van der Waals surface area contributed by atoms with E-state index < -0.39 is 0 Å². The van der Waals surface area contributed by atoms with Crippen molar-refractivity contribution in [3.05, 3.63) is 70.8 Å². The van der Waals surface area contributed by atoms with Crippen molar-refractivity contribution in [1.29, 1.82) is 0 Å². The molecule has 0 radical (unpaired) electrons. The van der Waals surface area contributed by atoms with Gasteiger partial charge in [0.1, 0.15) is 0 Å². The Morgan fingerprint density at radius 3 is 1.17 bits per heavy atom. The van der Waals surface area contributed by atoms with Crippen LogP contribution in [0.4, 0.5) is 0 Å². The molecule has 0 atom stereocenters.